The zero-order valence-corrected chi connectivity index (χ0v) is 33.8. The van der Waals surface area contributed by atoms with Crippen molar-refractivity contribution in [1.82, 2.24) is 20.4 Å². The van der Waals surface area contributed by atoms with E-state index in [9.17, 15) is 24.0 Å². The summed E-state index contributed by atoms with van der Waals surface area (Å²) >= 11 is 0. The van der Waals surface area contributed by atoms with Crippen LogP contribution < -0.4 is 10.6 Å². The molecule has 0 aromatic heterocycles. The Labute approximate surface area is 320 Å². The summed E-state index contributed by atoms with van der Waals surface area (Å²) in [4.78, 5) is 73.8. The molecule has 0 saturated carbocycles. The first kappa shape index (κ1) is 46.1. The van der Waals surface area contributed by atoms with Crippen LogP contribution in [0.15, 0.2) is 35.4 Å². The average Bonchev–Trinajstić information content (AvgIpc) is 3.65. The third kappa shape index (κ3) is 12.5. The number of nitrogens with zero attached hydrogens (tertiary/aromatic N) is 5. The molecule has 1 aliphatic heterocycles. The van der Waals surface area contributed by atoms with Crippen molar-refractivity contribution in [2.75, 3.05) is 48.5 Å². The number of carbonyl (C=O) groups excluding carboxylic acids is 5. The highest BCUT2D eigenvalue weighted by atomic mass is 16.5. The maximum Gasteiger partial charge on any atom is 0.309 e. The van der Waals surface area contributed by atoms with Gasteiger partial charge in [-0.1, -0.05) is 76.5 Å². The maximum atomic E-state index is 14.2. The van der Waals surface area contributed by atoms with Crippen molar-refractivity contribution in [1.29, 1.82) is 0 Å². The molecule has 2 rings (SSSR count). The van der Waals surface area contributed by atoms with Gasteiger partial charge in [-0.2, -0.15) is 0 Å². The van der Waals surface area contributed by atoms with Crippen molar-refractivity contribution in [2.45, 2.75) is 110 Å². The molecular weight excluding hydrogens is 694 g/mol. The fourth-order valence-corrected chi connectivity index (χ4v) is 7.65. The minimum atomic E-state index is -1.14. The minimum Gasteiger partial charge on any atom is -0.469 e. The van der Waals surface area contributed by atoms with Crippen molar-refractivity contribution in [3.8, 4) is 0 Å². The van der Waals surface area contributed by atoms with Gasteiger partial charge in [-0.05, 0) is 49.2 Å². The number of carbonyl (C=O) groups is 5. The lowest BCUT2D eigenvalue weighted by molar-refractivity contribution is -0.149. The predicted octanol–water partition coefficient (Wildman–Crippen LogP) is 3.94. The van der Waals surface area contributed by atoms with Crippen LogP contribution in [0.1, 0.15) is 72.3 Å². The zero-order chi connectivity index (χ0) is 40.5. The number of Topliss-reactive ketones (excluding diaryl/α,β-unsaturated/α-hetero) is 1. The number of hydrogen-bond acceptors (Lipinski definition) is 10. The zero-order valence-electron chi connectivity index (χ0n) is 33.8. The van der Waals surface area contributed by atoms with Gasteiger partial charge < -0.3 is 34.6 Å². The fourth-order valence-electron chi connectivity index (χ4n) is 7.65. The van der Waals surface area contributed by atoms with Gasteiger partial charge in [-0.25, -0.2) is 0 Å². The number of esters is 1. The Morgan fingerprint density at radius 3 is 2.24 bits per heavy atom. The van der Waals surface area contributed by atoms with E-state index in [2.05, 4.69) is 20.7 Å². The normalized spacial score (nSPS) is 18.6. The number of likely N-dealkylation sites (tertiary alicyclic amines) is 1. The van der Waals surface area contributed by atoms with E-state index < -0.39 is 66.0 Å². The Morgan fingerprint density at radius 2 is 1.70 bits per heavy atom. The van der Waals surface area contributed by atoms with Gasteiger partial charge in [0.25, 0.3) is 0 Å². The number of nitrogens with one attached hydrogen (secondary N) is 2. The molecule has 3 amide bonds. The van der Waals surface area contributed by atoms with E-state index in [0.717, 1.165) is 5.56 Å². The average molecular weight is 758 g/mol. The van der Waals surface area contributed by atoms with E-state index in [0.29, 0.717) is 32.2 Å². The predicted molar refractivity (Wildman–Crippen MR) is 205 cm³/mol. The minimum absolute atomic E-state index is 0.0276. The molecule has 15 nitrogen and oxygen atoms in total. The largest absolute Gasteiger partial charge is 0.469 e. The molecule has 0 unspecified atom stereocenters. The lowest BCUT2D eigenvalue weighted by Gasteiger charge is -2.40. The molecule has 0 radical (unpaired) electrons. The number of rotatable bonds is 23. The van der Waals surface area contributed by atoms with E-state index in [1.165, 1.54) is 26.2 Å². The fraction of sp³-hybridized carbons (Fsp3) is 0.718. The first-order valence-corrected chi connectivity index (χ1v) is 19.0. The molecule has 54 heavy (non-hydrogen) atoms. The Hall–Kier alpha value is -4.04. The summed E-state index contributed by atoms with van der Waals surface area (Å²) in [6, 6.07) is 6.78. The van der Waals surface area contributed by atoms with Gasteiger partial charge in [0.05, 0.1) is 56.3 Å². The van der Waals surface area contributed by atoms with E-state index >= 15 is 0 Å². The van der Waals surface area contributed by atoms with Gasteiger partial charge in [0.1, 0.15) is 11.8 Å². The molecule has 0 aliphatic carbocycles. The summed E-state index contributed by atoms with van der Waals surface area (Å²) in [7, 11) is 7.60. The highest BCUT2D eigenvalue weighted by Gasteiger charge is 2.43. The molecular formula is C39H63N7O8. The SMILES string of the molecule is CC[C@H](C)[C@@H]([C@@H](CC(=O)N1CCC[C@H]1[C@H](OC)[C@@H](C)C(=O)C[C@@H](Cc1ccccc1)C(=O)OC)OC)N(C)C(=O)[C@H](CN=[N+]=[N-])NC(=O)[C@@H](NC)C(C)C. The number of likely N-dealkylation sites (N-methyl/N-ethyl adjacent to an activating group) is 2. The smallest absolute Gasteiger partial charge is 0.309 e. The van der Waals surface area contributed by atoms with E-state index in [1.807, 2.05) is 58.0 Å². The number of methoxy groups -OCH3 is 3. The molecule has 1 fully saturated rings. The van der Waals surface area contributed by atoms with Gasteiger partial charge in [0, 0.05) is 45.1 Å². The topological polar surface area (TPSA) is 192 Å². The van der Waals surface area contributed by atoms with Crippen LogP contribution in [-0.4, -0.2) is 124 Å². The summed E-state index contributed by atoms with van der Waals surface area (Å²) in [6.07, 6.45) is 0.936. The Kier molecular flexibility index (Phi) is 19.6. The molecule has 0 bridgehead atoms. The monoisotopic (exact) mass is 757 g/mol. The van der Waals surface area contributed by atoms with Gasteiger partial charge >= 0.3 is 5.97 Å². The Bertz CT molecular complexity index is 1420. The van der Waals surface area contributed by atoms with Crippen LogP contribution in [0.4, 0.5) is 0 Å². The number of azide groups is 1. The van der Waals surface area contributed by atoms with Crippen LogP contribution in [0.5, 0.6) is 0 Å². The quantitative estimate of drug-likeness (QED) is 0.0721. The molecule has 9 atom stereocenters. The van der Waals surface area contributed by atoms with Crippen LogP contribution in [0.2, 0.25) is 0 Å². The van der Waals surface area contributed by atoms with Gasteiger partial charge in [0.15, 0.2) is 0 Å². The van der Waals surface area contributed by atoms with Crippen molar-refractivity contribution in [3.63, 3.8) is 0 Å². The Morgan fingerprint density at radius 1 is 1.04 bits per heavy atom. The van der Waals surface area contributed by atoms with Crippen molar-refractivity contribution >= 4 is 29.5 Å². The molecule has 2 N–H and O–H groups in total. The first-order valence-electron chi connectivity index (χ1n) is 19.0. The number of benzene rings is 1. The molecule has 1 heterocycles. The number of hydrogen-bond donors (Lipinski definition) is 2. The molecule has 1 saturated heterocycles. The summed E-state index contributed by atoms with van der Waals surface area (Å²) in [5, 5.41) is 9.32. The van der Waals surface area contributed by atoms with Gasteiger partial charge in [-0.3, -0.25) is 24.0 Å². The standard InChI is InChI=1S/C39H63N7O8/c1-11-25(4)35(45(7)38(50)29(23-42-44-40)43-37(49)34(41-6)24(2)3)32(52-8)22-33(48)46-19-15-18-30(46)36(53-9)26(5)31(47)21-28(39(51)54-10)20-27-16-13-12-14-17-27/h12-14,16-17,24-26,28-30,32,34-36,41H,11,15,18-23H2,1-10H3,(H,43,49)/t25-,26-,28+,29-,30-,32+,34-,35-,36+/m0/s1. The van der Waals surface area contributed by atoms with E-state index in [1.54, 1.807) is 25.9 Å². The van der Waals surface area contributed by atoms with Crippen molar-refractivity contribution in [3.05, 3.63) is 46.3 Å². The van der Waals surface area contributed by atoms with Crippen molar-refractivity contribution < 1.29 is 38.2 Å². The second-order valence-corrected chi connectivity index (χ2v) is 14.7. The molecule has 0 spiro atoms. The molecule has 1 aromatic rings. The summed E-state index contributed by atoms with van der Waals surface area (Å²) < 4.78 is 16.9. The molecule has 302 valence electrons. The third-order valence-electron chi connectivity index (χ3n) is 10.9. The van der Waals surface area contributed by atoms with E-state index in [-0.39, 0.29) is 42.9 Å². The third-order valence-corrected chi connectivity index (χ3v) is 10.9. The number of amides is 3. The number of ether oxygens (including phenoxy) is 3. The van der Waals surface area contributed by atoms with Gasteiger partial charge in [-0.15, -0.1) is 0 Å². The molecule has 1 aliphatic rings. The van der Waals surface area contributed by atoms with Crippen LogP contribution >= 0.6 is 0 Å². The highest BCUT2D eigenvalue weighted by Crippen LogP contribution is 2.31. The lowest BCUT2D eigenvalue weighted by Crippen LogP contribution is -2.59. The summed E-state index contributed by atoms with van der Waals surface area (Å²) in [5.41, 5.74) is 9.97. The molecule has 1 aromatic carbocycles. The van der Waals surface area contributed by atoms with Crippen LogP contribution in [0.3, 0.4) is 0 Å². The first-order chi connectivity index (χ1) is 25.7. The second kappa shape index (κ2) is 23.0. The highest BCUT2D eigenvalue weighted by molar-refractivity contribution is 5.90. The van der Waals surface area contributed by atoms with Crippen LogP contribution in [0.25, 0.3) is 10.4 Å². The number of ketones is 1. The van der Waals surface area contributed by atoms with Crippen LogP contribution in [-0.2, 0) is 44.6 Å². The summed E-state index contributed by atoms with van der Waals surface area (Å²) in [6.45, 7) is 9.65. The summed E-state index contributed by atoms with van der Waals surface area (Å²) in [5.74, 6) is -3.16. The second-order valence-electron chi connectivity index (χ2n) is 14.7. The maximum absolute atomic E-state index is 14.2. The molecule has 15 heteroatoms. The van der Waals surface area contributed by atoms with Crippen molar-refractivity contribution in [2.24, 2.45) is 28.8 Å². The lowest BCUT2D eigenvalue weighted by atomic mass is 9.85. The Balaban J connectivity index is 2.29. The van der Waals surface area contributed by atoms with E-state index in [4.69, 9.17) is 19.7 Å². The van der Waals surface area contributed by atoms with Gasteiger partial charge in [0.2, 0.25) is 17.7 Å². The van der Waals surface area contributed by atoms with Crippen LogP contribution in [0, 0.1) is 23.7 Å².